The number of rotatable bonds is 7. The molecule has 0 fully saturated rings. The number of aromatic hydroxyl groups is 1. The molecule has 0 saturated carbocycles. The van der Waals surface area contributed by atoms with E-state index >= 15 is 0 Å². The molecule has 0 unspecified atom stereocenters. The molecule has 3 aromatic carbocycles. The molecule has 162 valence electrons. The number of carboxylic acids is 1. The van der Waals surface area contributed by atoms with Crippen LogP contribution in [-0.2, 0) is 17.6 Å². The zero-order valence-corrected chi connectivity index (χ0v) is 17.6. The lowest BCUT2D eigenvalue weighted by atomic mass is 10.1. The number of aryl methyl sites for hydroxylation is 1. The number of aliphatic carboxylic acids is 1. The number of ether oxygens (including phenoxy) is 1. The van der Waals surface area contributed by atoms with Gasteiger partial charge in [-0.05, 0) is 66.6 Å². The van der Waals surface area contributed by atoms with Gasteiger partial charge in [0.25, 0.3) is 5.91 Å². The van der Waals surface area contributed by atoms with Gasteiger partial charge in [-0.2, -0.15) is 0 Å². The van der Waals surface area contributed by atoms with Gasteiger partial charge in [0.15, 0.2) is 0 Å². The van der Waals surface area contributed by atoms with Crippen molar-refractivity contribution >= 4 is 22.8 Å². The molecule has 4 aromatic rings. The monoisotopic (exact) mass is 429 g/mol. The van der Waals surface area contributed by atoms with Crippen molar-refractivity contribution in [2.75, 3.05) is 6.61 Å². The zero-order valence-electron chi connectivity index (χ0n) is 17.6. The number of phenols is 1. The van der Waals surface area contributed by atoms with E-state index in [1.807, 2.05) is 31.2 Å². The summed E-state index contributed by atoms with van der Waals surface area (Å²) < 4.78 is 7.39. The summed E-state index contributed by atoms with van der Waals surface area (Å²) in [5.74, 6) is -0.187. The van der Waals surface area contributed by atoms with E-state index < -0.39 is 5.97 Å². The Hall–Kier alpha value is -4.06. The first-order chi connectivity index (χ1) is 15.4. The Morgan fingerprint density at radius 1 is 0.969 bits per heavy atom. The highest BCUT2D eigenvalue weighted by Gasteiger charge is 2.17. The Bertz CT molecular complexity index is 1270. The highest BCUT2D eigenvalue weighted by molar-refractivity contribution is 6.04. The van der Waals surface area contributed by atoms with Crippen molar-refractivity contribution in [1.82, 2.24) is 4.57 Å². The smallest absolute Gasteiger partial charge is 0.307 e. The fraction of sp³-hybridized carbons (Fsp3) is 0.154. The maximum absolute atomic E-state index is 13.2. The Morgan fingerprint density at radius 3 is 2.38 bits per heavy atom. The van der Waals surface area contributed by atoms with Gasteiger partial charge < -0.3 is 14.9 Å². The Morgan fingerprint density at radius 2 is 1.69 bits per heavy atom. The van der Waals surface area contributed by atoms with Crippen LogP contribution >= 0.6 is 0 Å². The molecule has 6 heteroatoms. The summed E-state index contributed by atoms with van der Waals surface area (Å²) in [6, 6.07) is 21.2. The second-order valence-corrected chi connectivity index (χ2v) is 7.64. The molecule has 0 saturated heterocycles. The molecular formula is C26H23NO5. The molecule has 0 radical (unpaired) electrons. The van der Waals surface area contributed by atoms with E-state index in [1.54, 1.807) is 53.1 Å². The van der Waals surface area contributed by atoms with Crippen molar-refractivity contribution in [2.24, 2.45) is 0 Å². The average molecular weight is 429 g/mol. The number of hydrogen-bond donors (Lipinski definition) is 2. The summed E-state index contributed by atoms with van der Waals surface area (Å²) in [6.07, 6.45) is 0.610. The van der Waals surface area contributed by atoms with Crippen molar-refractivity contribution in [2.45, 2.75) is 19.8 Å². The minimum Gasteiger partial charge on any atom is -0.508 e. The highest BCUT2D eigenvalue weighted by Crippen LogP contribution is 2.25. The van der Waals surface area contributed by atoms with Crippen molar-refractivity contribution in [3.63, 3.8) is 0 Å². The number of benzene rings is 3. The topological polar surface area (TPSA) is 88.8 Å². The average Bonchev–Trinajstić information content (AvgIpc) is 3.11. The molecule has 6 nitrogen and oxygen atoms in total. The predicted octanol–water partition coefficient (Wildman–Crippen LogP) is 4.59. The van der Waals surface area contributed by atoms with Crippen LogP contribution in [0.5, 0.6) is 11.5 Å². The fourth-order valence-corrected chi connectivity index (χ4v) is 3.78. The molecule has 4 rings (SSSR count). The number of fused-ring (bicyclic) bond motifs is 1. The fourth-order valence-electron chi connectivity index (χ4n) is 3.78. The number of nitrogens with zero attached hydrogens (tertiary/aromatic N) is 1. The standard InChI is InChI=1S/C26H23NO5/c1-17-15-23-20(16-25(29)30)3-2-4-24(23)27(17)26(31)19-7-11-22(12-8-19)32-14-13-18-5-9-21(28)10-6-18/h2-12,15,28H,13-14,16H2,1H3,(H,29,30). The molecular weight excluding hydrogens is 406 g/mol. The molecule has 2 N–H and O–H groups in total. The van der Waals surface area contributed by atoms with E-state index in [4.69, 9.17) is 9.84 Å². The number of aromatic nitrogens is 1. The normalized spacial score (nSPS) is 10.9. The molecule has 0 bridgehead atoms. The predicted molar refractivity (Wildman–Crippen MR) is 121 cm³/mol. The van der Waals surface area contributed by atoms with E-state index in [0.717, 1.165) is 16.6 Å². The van der Waals surface area contributed by atoms with Crippen molar-refractivity contribution in [3.8, 4) is 11.5 Å². The quantitative estimate of drug-likeness (QED) is 0.448. The van der Waals surface area contributed by atoms with E-state index in [0.29, 0.717) is 35.4 Å². The first-order valence-electron chi connectivity index (χ1n) is 10.3. The lowest BCUT2D eigenvalue weighted by molar-refractivity contribution is -0.136. The molecule has 1 heterocycles. The van der Waals surface area contributed by atoms with Crippen LogP contribution < -0.4 is 4.74 Å². The van der Waals surface area contributed by atoms with E-state index in [9.17, 15) is 14.7 Å². The summed E-state index contributed by atoms with van der Waals surface area (Å²) in [5.41, 5.74) is 3.70. The second-order valence-electron chi connectivity index (χ2n) is 7.64. The van der Waals surface area contributed by atoms with Gasteiger partial charge in [0.2, 0.25) is 0 Å². The number of hydrogen-bond acceptors (Lipinski definition) is 4. The molecule has 1 aromatic heterocycles. The van der Waals surface area contributed by atoms with E-state index in [1.165, 1.54) is 0 Å². The van der Waals surface area contributed by atoms with Gasteiger partial charge in [-0.25, -0.2) is 0 Å². The van der Waals surface area contributed by atoms with E-state index in [2.05, 4.69) is 0 Å². The summed E-state index contributed by atoms with van der Waals surface area (Å²) in [6.45, 7) is 2.31. The minimum atomic E-state index is -0.907. The maximum atomic E-state index is 13.2. The van der Waals surface area contributed by atoms with Gasteiger partial charge in [-0.1, -0.05) is 24.3 Å². The van der Waals surface area contributed by atoms with Crippen LogP contribution in [0.2, 0.25) is 0 Å². The second kappa shape index (κ2) is 8.98. The molecule has 0 atom stereocenters. The van der Waals surface area contributed by atoms with Crippen molar-refractivity contribution in [1.29, 1.82) is 0 Å². The molecule has 0 aliphatic heterocycles. The third-order valence-electron chi connectivity index (χ3n) is 5.36. The summed E-state index contributed by atoms with van der Waals surface area (Å²) >= 11 is 0. The van der Waals surface area contributed by atoms with Crippen LogP contribution in [0.1, 0.15) is 27.2 Å². The lowest BCUT2D eigenvalue weighted by Gasteiger charge is -2.10. The van der Waals surface area contributed by atoms with Crippen LogP contribution in [0.25, 0.3) is 10.9 Å². The van der Waals surface area contributed by atoms with Crippen LogP contribution in [0.3, 0.4) is 0 Å². The molecule has 0 aliphatic carbocycles. The first kappa shape index (κ1) is 21.2. The number of carboxylic acid groups (broad SMARTS) is 1. The number of carbonyl (C=O) groups excluding carboxylic acids is 1. The lowest BCUT2D eigenvalue weighted by Crippen LogP contribution is -2.13. The molecule has 0 amide bonds. The highest BCUT2D eigenvalue weighted by atomic mass is 16.5. The Labute approximate surface area is 185 Å². The Balaban J connectivity index is 1.49. The minimum absolute atomic E-state index is 0.0921. The largest absolute Gasteiger partial charge is 0.508 e. The molecule has 0 spiro atoms. The van der Waals surface area contributed by atoms with Crippen LogP contribution in [0, 0.1) is 6.92 Å². The van der Waals surface area contributed by atoms with Gasteiger partial charge in [0.05, 0.1) is 18.5 Å². The van der Waals surface area contributed by atoms with Crippen LogP contribution in [-0.4, -0.2) is 33.3 Å². The summed E-state index contributed by atoms with van der Waals surface area (Å²) in [7, 11) is 0. The van der Waals surface area contributed by atoms with Crippen LogP contribution in [0.15, 0.2) is 72.8 Å². The zero-order chi connectivity index (χ0) is 22.7. The van der Waals surface area contributed by atoms with Crippen molar-refractivity contribution < 1.29 is 24.5 Å². The van der Waals surface area contributed by atoms with Gasteiger partial charge in [-0.15, -0.1) is 0 Å². The number of carbonyl (C=O) groups is 2. The third kappa shape index (κ3) is 4.49. The van der Waals surface area contributed by atoms with Gasteiger partial charge in [0, 0.05) is 23.1 Å². The van der Waals surface area contributed by atoms with Crippen LogP contribution in [0.4, 0.5) is 0 Å². The summed E-state index contributed by atoms with van der Waals surface area (Å²) in [5, 5.41) is 19.3. The third-order valence-corrected chi connectivity index (χ3v) is 5.36. The van der Waals surface area contributed by atoms with Gasteiger partial charge in [-0.3, -0.25) is 14.2 Å². The SMILES string of the molecule is Cc1cc2c(CC(=O)O)cccc2n1C(=O)c1ccc(OCCc2ccc(O)cc2)cc1. The van der Waals surface area contributed by atoms with Gasteiger partial charge >= 0.3 is 5.97 Å². The first-order valence-corrected chi connectivity index (χ1v) is 10.3. The van der Waals surface area contributed by atoms with Gasteiger partial charge in [0.1, 0.15) is 11.5 Å². The molecule has 0 aliphatic rings. The van der Waals surface area contributed by atoms with Crippen molar-refractivity contribution in [3.05, 3.63) is 95.2 Å². The number of phenolic OH excluding ortho intramolecular Hbond substituents is 1. The Kier molecular flexibility index (Phi) is 5.94. The maximum Gasteiger partial charge on any atom is 0.307 e. The van der Waals surface area contributed by atoms with E-state index in [-0.39, 0.29) is 18.1 Å². The molecule has 32 heavy (non-hydrogen) atoms. The summed E-state index contributed by atoms with van der Waals surface area (Å²) in [4.78, 5) is 24.4.